The van der Waals surface area contributed by atoms with Crippen LogP contribution in [-0.2, 0) is 26.8 Å². The quantitative estimate of drug-likeness (QED) is 0.321. The maximum Gasteiger partial charge on any atom is 0.238 e. The first-order valence-electron chi connectivity index (χ1n) is 8.51. The lowest BCUT2D eigenvalue weighted by molar-refractivity contribution is 0.101. The molecular weight excluding hydrogens is 514 g/mol. The second kappa shape index (κ2) is 8.72. The number of nitrogens with one attached hydrogen (secondary N) is 3. The molecule has 7 nitrogen and oxygen atoms in total. The van der Waals surface area contributed by atoms with E-state index in [-0.39, 0.29) is 26.8 Å². The minimum absolute atomic E-state index is 0.0351. The van der Waals surface area contributed by atoms with Gasteiger partial charge in [0.1, 0.15) is 21.2 Å². The van der Waals surface area contributed by atoms with Gasteiger partial charge in [0, 0.05) is 33.2 Å². The van der Waals surface area contributed by atoms with Crippen molar-refractivity contribution < 1.29 is 13.6 Å². The first-order chi connectivity index (χ1) is 14.0. The van der Waals surface area contributed by atoms with Crippen molar-refractivity contribution in [1.82, 2.24) is 4.98 Å². The SMILES string of the molecule is CC(=O)c1c([S+]([O-])Cc2ccc(NS(C)(=N)=O)cc2)[nH]c2c(Br)ccc(Cl)c2c1=O. The fourth-order valence-corrected chi connectivity index (χ4v) is 5.49. The number of halogens is 2. The van der Waals surface area contributed by atoms with Crippen molar-refractivity contribution in [3.05, 3.63) is 67.2 Å². The van der Waals surface area contributed by atoms with Crippen molar-refractivity contribution in [2.75, 3.05) is 11.0 Å². The van der Waals surface area contributed by atoms with Gasteiger partial charge in [0.05, 0.1) is 15.9 Å². The summed E-state index contributed by atoms with van der Waals surface area (Å²) in [6, 6.07) is 9.79. The van der Waals surface area contributed by atoms with E-state index in [4.69, 9.17) is 16.4 Å². The molecule has 2 unspecified atom stereocenters. The number of aromatic nitrogens is 1. The van der Waals surface area contributed by atoms with Crippen LogP contribution in [0, 0.1) is 4.78 Å². The fourth-order valence-electron chi connectivity index (χ4n) is 2.91. The van der Waals surface area contributed by atoms with Crippen molar-refractivity contribution in [2.24, 2.45) is 0 Å². The molecule has 0 radical (unpaired) electrons. The number of rotatable bonds is 6. The monoisotopic (exact) mass is 529 g/mol. The molecule has 3 N–H and O–H groups in total. The van der Waals surface area contributed by atoms with Gasteiger partial charge in [-0.2, -0.15) is 0 Å². The number of aromatic amines is 1. The van der Waals surface area contributed by atoms with E-state index in [1.165, 1.54) is 13.2 Å². The largest absolute Gasteiger partial charge is 0.610 e. The Hall–Kier alpha value is -1.85. The maximum atomic E-state index is 13.1. The summed E-state index contributed by atoms with van der Waals surface area (Å²) in [5.74, 6) is -0.465. The molecular formula is C19H17BrClN3O4S2. The molecule has 0 aliphatic rings. The fraction of sp³-hybridized carbons (Fsp3) is 0.158. The van der Waals surface area contributed by atoms with Gasteiger partial charge in [-0.15, -0.1) is 0 Å². The Morgan fingerprint density at radius 1 is 1.30 bits per heavy atom. The molecule has 0 aliphatic heterocycles. The van der Waals surface area contributed by atoms with E-state index in [1.807, 2.05) is 0 Å². The van der Waals surface area contributed by atoms with Gasteiger partial charge < -0.3 is 9.54 Å². The lowest BCUT2D eigenvalue weighted by atomic mass is 10.1. The summed E-state index contributed by atoms with van der Waals surface area (Å²) in [5.41, 5.74) is 0.785. The van der Waals surface area contributed by atoms with E-state index in [0.717, 1.165) is 0 Å². The number of H-pyrrole nitrogens is 1. The first-order valence-corrected chi connectivity index (χ1v) is 13.0. The Labute approximate surface area is 189 Å². The molecule has 3 rings (SSSR count). The Morgan fingerprint density at radius 3 is 2.50 bits per heavy atom. The van der Waals surface area contributed by atoms with Crippen LogP contribution in [0.5, 0.6) is 0 Å². The average molecular weight is 531 g/mol. The second-order valence-electron chi connectivity index (χ2n) is 6.63. The normalized spacial score (nSPS) is 14.3. The predicted octanol–water partition coefficient (Wildman–Crippen LogP) is 4.46. The molecule has 3 aromatic rings. The molecule has 0 fully saturated rings. The molecule has 158 valence electrons. The Balaban J connectivity index is 2.03. The molecule has 0 amide bonds. The zero-order chi connectivity index (χ0) is 22.2. The Kier molecular flexibility index (Phi) is 6.63. The van der Waals surface area contributed by atoms with Gasteiger partial charge in [-0.3, -0.25) is 14.3 Å². The van der Waals surface area contributed by atoms with Crippen LogP contribution in [0.1, 0.15) is 22.8 Å². The smallest absolute Gasteiger partial charge is 0.238 e. The number of fused-ring (bicyclic) bond motifs is 1. The molecule has 1 aromatic heterocycles. The summed E-state index contributed by atoms with van der Waals surface area (Å²) < 4.78 is 35.2. The highest BCUT2D eigenvalue weighted by Crippen LogP contribution is 2.29. The van der Waals surface area contributed by atoms with E-state index in [2.05, 4.69) is 25.6 Å². The molecule has 2 aromatic carbocycles. The summed E-state index contributed by atoms with van der Waals surface area (Å²) in [6.45, 7) is 1.24. The number of hydrogen-bond donors (Lipinski definition) is 3. The average Bonchev–Trinajstić information content (AvgIpc) is 2.64. The molecule has 11 heteroatoms. The number of ketones is 1. The highest BCUT2D eigenvalue weighted by molar-refractivity contribution is 9.10. The number of carbonyl (C=O) groups excluding carboxylic acids is 1. The van der Waals surface area contributed by atoms with Crippen LogP contribution in [0.15, 0.2) is 50.7 Å². The lowest BCUT2D eigenvalue weighted by Gasteiger charge is -2.15. The number of carbonyl (C=O) groups is 1. The number of pyridine rings is 1. The van der Waals surface area contributed by atoms with Crippen molar-refractivity contribution in [3.63, 3.8) is 0 Å². The van der Waals surface area contributed by atoms with Gasteiger partial charge in [0.25, 0.3) is 0 Å². The standard InChI is InChI=1S/C19H17BrClN3O4S2/c1-10(25)15-18(26)16-14(21)8-7-13(20)17(16)23-19(15)29(27)9-11-3-5-12(6-4-11)24-30(2,22)28/h3-8H,9H2,1-2H3,(H,23,26)(H2,22,24,28). The molecule has 1 heterocycles. The highest BCUT2D eigenvalue weighted by atomic mass is 79.9. The van der Waals surface area contributed by atoms with Crippen molar-refractivity contribution in [2.45, 2.75) is 17.7 Å². The minimum Gasteiger partial charge on any atom is -0.610 e. The minimum atomic E-state index is -2.91. The third kappa shape index (κ3) is 4.89. The molecule has 0 saturated carbocycles. The number of Topliss-reactive ketones (excluding diaryl/α,β-unsaturated/α-hetero) is 1. The van der Waals surface area contributed by atoms with E-state index < -0.39 is 32.3 Å². The molecule has 30 heavy (non-hydrogen) atoms. The number of anilines is 1. The number of hydrogen-bond acceptors (Lipinski definition) is 5. The lowest BCUT2D eigenvalue weighted by Crippen LogP contribution is -2.22. The highest BCUT2D eigenvalue weighted by Gasteiger charge is 2.27. The van der Waals surface area contributed by atoms with E-state index in [1.54, 1.807) is 36.4 Å². The van der Waals surface area contributed by atoms with Crippen molar-refractivity contribution in [1.29, 1.82) is 4.78 Å². The van der Waals surface area contributed by atoms with Gasteiger partial charge in [-0.05, 0) is 47.1 Å². The van der Waals surface area contributed by atoms with Crippen LogP contribution in [0.25, 0.3) is 10.9 Å². The van der Waals surface area contributed by atoms with Gasteiger partial charge in [-0.1, -0.05) is 23.7 Å². The van der Waals surface area contributed by atoms with Gasteiger partial charge >= 0.3 is 0 Å². The summed E-state index contributed by atoms with van der Waals surface area (Å²) in [6.07, 6.45) is 1.26. The summed E-state index contributed by atoms with van der Waals surface area (Å²) in [5, 5.41) is 0.387. The van der Waals surface area contributed by atoms with Crippen molar-refractivity contribution >= 4 is 71.0 Å². The Bertz CT molecular complexity index is 1310. The van der Waals surface area contributed by atoms with Crippen LogP contribution >= 0.6 is 27.5 Å². The topological polar surface area (TPSA) is 126 Å². The van der Waals surface area contributed by atoms with E-state index in [9.17, 15) is 18.4 Å². The third-order valence-electron chi connectivity index (χ3n) is 4.17. The predicted molar refractivity (Wildman–Crippen MR) is 124 cm³/mol. The van der Waals surface area contributed by atoms with Crippen LogP contribution in [0.4, 0.5) is 5.69 Å². The summed E-state index contributed by atoms with van der Waals surface area (Å²) >= 11 is 7.79. The second-order valence-corrected chi connectivity index (χ2v) is 11.2. The Morgan fingerprint density at radius 2 is 1.93 bits per heavy atom. The van der Waals surface area contributed by atoms with E-state index in [0.29, 0.717) is 21.2 Å². The van der Waals surface area contributed by atoms with Crippen LogP contribution in [-0.4, -0.2) is 25.8 Å². The molecule has 0 saturated heterocycles. The van der Waals surface area contributed by atoms with Crippen LogP contribution in [0.3, 0.4) is 0 Å². The van der Waals surface area contributed by atoms with Gasteiger partial charge in [0.2, 0.25) is 10.5 Å². The van der Waals surface area contributed by atoms with Gasteiger partial charge in [-0.25, -0.2) is 8.99 Å². The van der Waals surface area contributed by atoms with Crippen molar-refractivity contribution in [3.8, 4) is 0 Å². The third-order valence-corrected chi connectivity index (χ3v) is 7.13. The maximum absolute atomic E-state index is 13.1. The summed E-state index contributed by atoms with van der Waals surface area (Å²) in [4.78, 5) is 28.1. The molecule has 2 atom stereocenters. The number of benzene rings is 2. The first kappa shape index (κ1) is 22.8. The van der Waals surface area contributed by atoms with Gasteiger partial charge in [0.15, 0.2) is 5.78 Å². The molecule has 0 aliphatic carbocycles. The zero-order valence-corrected chi connectivity index (χ0v) is 19.9. The summed E-state index contributed by atoms with van der Waals surface area (Å²) in [7, 11) is -2.91. The molecule has 0 spiro atoms. The van der Waals surface area contributed by atoms with Crippen LogP contribution in [0.2, 0.25) is 5.02 Å². The van der Waals surface area contributed by atoms with Crippen LogP contribution < -0.4 is 10.2 Å². The van der Waals surface area contributed by atoms with E-state index >= 15 is 0 Å². The zero-order valence-electron chi connectivity index (χ0n) is 15.9. The molecule has 0 bridgehead atoms.